The van der Waals surface area contributed by atoms with Gasteiger partial charge in [-0.3, -0.25) is 5.32 Å². The molecule has 0 bridgehead atoms. The molecular weight excluding hydrogens is 330 g/mol. The van der Waals surface area contributed by atoms with Crippen LogP contribution >= 0.6 is 11.3 Å². The normalized spacial score (nSPS) is 12.7. The van der Waals surface area contributed by atoms with Gasteiger partial charge in [0, 0.05) is 5.69 Å². The van der Waals surface area contributed by atoms with Crippen molar-refractivity contribution in [3.63, 3.8) is 0 Å². The molecule has 1 heterocycles. The minimum Gasteiger partial charge on any atom is -0.308 e. The van der Waals surface area contributed by atoms with E-state index in [1.54, 1.807) is 11.3 Å². The Morgan fingerprint density at radius 1 is 1.04 bits per heavy atom. The van der Waals surface area contributed by atoms with E-state index in [1.165, 1.54) is 16.0 Å². The summed E-state index contributed by atoms with van der Waals surface area (Å²) in [6, 6.07) is 15.9. The first kappa shape index (κ1) is 15.8. The van der Waals surface area contributed by atoms with Crippen LogP contribution in [-0.2, 0) is 12.8 Å². The molecule has 25 heavy (non-hydrogen) atoms. The zero-order valence-corrected chi connectivity index (χ0v) is 14.8. The number of hydrogen-bond acceptors (Lipinski definition) is 3. The van der Waals surface area contributed by atoms with Crippen LogP contribution in [0.25, 0.3) is 10.4 Å². The molecule has 1 aliphatic rings. The maximum Gasteiger partial charge on any atom is 0.325 e. The van der Waals surface area contributed by atoms with Gasteiger partial charge < -0.3 is 5.32 Å². The Labute approximate surface area is 150 Å². The van der Waals surface area contributed by atoms with Crippen LogP contribution in [0.3, 0.4) is 0 Å². The second kappa shape index (κ2) is 6.69. The largest absolute Gasteiger partial charge is 0.325 e. The highest BCUT2D eigenvalue weighted by Crippen LogP contribution is 2.38. The molecule has 0 saturated carbocycles. The molecule has 0 unspecified atom stereocenters. The van der Waals surface area contributed by atoms with Crippen LogP contribution in [-0.4, -0.2) is 11.0 Å². The topological polar surface area (TPSA) is 54.0 Å². The molecule has 4 rings (SSSR count). The maximum atomic E-state index is 12.2. The van der Waals surface area contributed by atoms with Gasteiger partial charge in [-0.25, -0.2) is 9.78 Å². The second-order valence-electron chi connectivity index (χ2n) is 6.25. The summed E-state index contributed by atoms with van der Waals surface area (Å²) < 4.78 is 0. The van der Waals surface area contributed by atoms with Gasteiger partial charge in [-0.2, -0.15) is 0 Å². The molecule has 0 saturated heterocycles. The van der Waals surface area contributed by atoms with Gasteiger partial charge >= 0.3 is 6.03 Å². The Hall–Kier alpha value is -2.66. The molecule has 0 radical (unpaired) electrons. The van der Waals surface area contributed by atoms with Crippen molar-refractivity contribution in [1.29, 1.82) is 0 Å². The molecule has 0 fully saturated rings. The number of aryl methyl sites for hydroxylation is 3. The van der Waals surface area contributed by atoms with Crippen LogP contribution in [0.15, 0.2) is 48.5 Å². The van der Waals surface area contributed by atoms with Crippen LogP contribution in [0, 0.1) is 6.92 Å². The van der Waals surface area contributed by atoms with E-state index in [-0.39, 0.29) is 6.03 Å². The first-order chi connectivity index (χ1) is 12.2. The van der Waals surface area contributed by atoms with Gasteiger partial charge in [-0.1, -0.05) is 53.3 Å². The minimum atomic E-state index is -0.263. The molecule has 1 aliphatic carbocycles. The lowest BCUT2D eigenvalue weighted by Crippen LogP contribution is -2.19. The van der Waals surface area contributed by atoms with E-state index < -0.39 is 0 Å². The summed E-state index contributed by atoms with van der Waals surface area (Å²) in [6.45, 7) is 2.02. The molecule has 4 nitrogen and oxygen atoms in total. The quantitative estimate of drug-likeness (QED) is 0.664. The van der Waals surface area contributed by atoms with E-state index in [2.05, 4.69) is 39.9 Å². The van der Waals surface area contributed by atoms with Crippen LogP contribution in [0.5, 0.6) is 0 Å². The van der Waals surface area contributed by atoms with Gasteiger partial charge in [0.2, 0.25) is 0 Å². The van der Waals surface area contributed by atoms with Gasteiger partial charge in [0.25, 0.3) is 0 Å². The standard InChI is InChI=1S/C20H19N3OS/c1-13-9-11-15(12-10-13)21-19(24)23-20-22-17-8-4-6-14-5-2-3-7-16(14)18(17)25-20/h2-3,5,7,9-12H,4,6,8H2,1H3,(H2,21,22,23,24). The lowest BCUT2D eigenvalue weighted by Gasteiger charge is -2.06. The average molecular weight is 349 g/mol. The Morgan fingerprint density at radius 2 is 1.84 bits per heavy atom. The molecule has 2 amide bonds. The molecular formula is C20H19N3OS. The number of benzene rings is 2. The predicted octanol–water partition coefficient (Wildman–Crippen LogP) is 5.25. The molecule has 2 N–H and O–H groups in total. The molecule has 0 spiro atoms. The minimum absolute atomic E-state index is 0.263. The van der Waals surface area contributed by atoms with Crippen LogP contribution in [0.4, 0.5) is 15.6 Å². The van der Waals surface area contributed by atoms with Gasteiger partial charge in [0.1, 0.15) is 0 Å². The van der Waals surface area contributed by atoms with Crippen molar-refractivity contribution in [2.45, 2.75) is 26.2 Å². The highest BCUT2D eigenvalue weighted by molar-refractivity contribution is 7.19. The maximum absolute atomic E-state index is 12.2. The van der Waals surface area contributed by atoms with Crippen molar-refractivity contribution in [2.24, 2.45) is 0 Å². The number of hydrogen-bond donors (Lipinski definition) is 2. The summed E-state index contributed by atoms with van der Waals surface area (Å²) in [6.07, 6.45) is 3.11. The van der Waals surface area contributed by atoms with E-state index >= 15 is 0 Å². The van der Waals surface area contributed by atoms with Crippen LogP contribution < -0.4 is 10.6 Å². The number of carbonyl (C=O) groups excluding carboxylic acids is 1. The third-order valence-electron chi connectivity index (χ3n) is 4.35. The summed E-state index contributed by atoms with van der Waals surface area (Å²) in [5.74, 6) is 0. The highest BCUT2D eigenvalue weighted by Gasteiger charge is 2.19. The Morgan fingerprint density at radius 3 is 2.68 bits per heavy atom. The van der Waals surface area contributed by atoms with Crippen molar-refractivity contribution in [2.75, 3.05) is 10.6 Å². The number of amides is 2. The third-order valence-corrected chi connectivity index (χ3v) is 5.40. The van der Waals surface area contributed by atoms with E-state index in [0.717, 1.165) is 36.2 Å². The fraction of sp³-hybridized carbons (Fsp3) is 0.200. The number of carbonyl (C=O) groups is 1. The number of rotatable bonds is 2. The zero-order chi connectivity index (χ0) is 17.2. The summed E-state index contributed by atoms with van der Waals surface area (Å²) >= 11 is 1.55. The lowest BCUT2D eigenvalue weighted by atomic mass is 10.0. The van der Waals surface area contributed by atoms with Crippen molar-refractivity contribution >= 4 is 28.2 Å². The monoisotopic (exact) mass is 349 g/mol. The number of nitrogens with one attached hydrogen (secondary N) is 2. The first-order valence-electron chi connectivity index (χ1n) is 8.42. The number of anilines is 2. The molecule has 1 aromatic heterocycles. The number of aromatic nitrogens is 1. The zero-order valence-electron chi connectivity index (χ0n) is 14.0. The number of fused-ring (bicyclic) bond motifs is 3. The summed E-state index contributed by atoms with van der Waals surface area (Å²) in [7, 11) is 0. The molecule has 126 valence electrons. The van der Waals surface area contributed by atoms with Crippen LogP contribution in [0.1, 0.15) is 23.2 Å². The van der Waals surface area contributed by atoms with Gasteiger partial charge in [-0.15, -0.1) is 0 Å². The summed E-state index contributed by atoms with van der Waals surface area (Å²) in [4.78, 5) is 18.1. The van der Waals surface area contributed by atoms with Gasteiger partial charge in [0.05, 0.1) is 10.6 Å². The van der Waals surface area contributed by atoms with Crippen molar-refractivity contribution in [1.82, 2.24) is 4.98 Å². The average Bonchev–Trinajstić information content (AvgIpc) is 2.91. The Balaban J connectivity index is 1.54. The van der Waals surface area contributed by atoms with Crippen molar-refractivity contribution in [3.8, 4) is 10.4 Å². The molecule has 0 atom stereocenters. The van der Waals surface area contributed by atoms with Crippen LogP contribution in [0.2, 0.25) is 0 Å². The molecule has 0 aliphatic heterocycles. The smallest absolute Gasteiger partial charge is 0.308 e. The van der Waals surface area contributed by atoms with Gasteiger partial charge in [-0.05, 0) is 49.4 Å². The number of urea groups is 1. The predicted molar refractivity (Wildman–Crippen MR) is 103 cm³/mol. The Kier molecular flexibility index (Phi) is 4.24. The third kappa shape index (κ3) is 3.42. The van der Waals surface area contributed by atoms with E-state index in [4.69, 9.17) is 0 Å². The van der Waals surface area contributed by atoms with E-state index in [1.807, 2.05) is 31.2 Å². The Bertz CT molecular complexity index is 915. The highest BCUT2D eigenvalue weighted by atomic mass is 32.1. The lowest BCUT2D eigenvalue weighted by molar-refractivity contribution is 0.262. The van der Waals surface area contributed by atoms with E-state index in [0.29, 0.717) is 5.13 Å². The fourth-order valence-corrected chi connectivity index (χ4v) is 4.16. The molecule has 3 aromatic rings. The van der Waals surface area contributed by atoms with Gasteiger partial charge in [0.15, 0.2) is 5.13 Å². The number of thiazole rings is 1. The summed E-state index contributed by atoms with van der Waals surface area (Å²) in [5.41, 5.74) is 5.63. The summed E-state index contributed by atoms with van der Waals surface area (Å²) in [5, 5.41) is 6.36. The van der Waals surface area contributed by atoms with E-state index in [9.17, 15) is 4.79 Å². The SMILES string of the molecule is Cc1ccc(NC(=O)Nc2nc3c(s2)-c2ccccc2CCC3)cc1. The fourth-order valence-electron chi connectivity index (χ4n) is 3.09. The molecule has 2 aromatic carbocycles. The number of nitrogens with zero attached hydrogens (tertiary/aromatic N) is 1. The molecule has 5 heteroatoms. The van der Waals surface area contributed by atoms with Crippen molar-refractivity contribution < 1.29 is 4.79 Å². The second-order valence-corrected chi connectivity index (χ2v) is 7.25. The van der Waals surface area contributed by atoms with Crippen molar-refractivity contribution in [3.05, 3.63) is 65.4 Å². The first-order valence-corrected chi connectivity index (χ1v) is 9.23.